The Morgan fingerprint density at radius 3 is 2.51 bits per heavy atom. The number of furan rings is 1. The predicted octanol–water partition coefficient (Wildman–Crippen LogP) is 7.70. The Morgan fingerprint density at radius 2 is 1.83 bits per heavy atom. The number of anilines is 1. The normalized spacial score (nSPS) is 12.1. The number of allylic oxidation sites excluding steroid dienone is 1. The van der Waals surface area contributed by atoms with E-state index in [9.17, 15) is 22.4 Å². The van der Waals surface area contributed by atoms with Crippen molar-refractivity contribution in [2.75, 3.05) is 11.9 Å². The van der Waals surface area contributed by atoms with Gasteiger partial charge in [-0.05, 0) is 61.4 Å². The average Bonchev–Trinajstić information content (AvgIpc) is 3.21. The Labute approximate surface area is 198 Å². The van der Waals surface area contributed by atoms with E-state index in [1.807, 2.05) is 13.0 Å². The second kappa shape index (κ2) is 9.66. The Morgan fingerprint density at radius 1 is 1.09 bits per heavy atom. The molecule has 0 aliphatic heterocycles. The van der Waals surface area contributed by atoms with Crippen molar-refractivity contribution < 1.29 is 31.5 Å². The van der Waals surface area contributed by atoms with Crippen molar-refractivity contribution in [1.82, 2.24) is 0 Å². The van der Waals surface area contributed by atoms with E-state index in [0.717, 1.165) is 28.6 Å². The molecule has 0 saturated heterocycles. The molecule has 1 amide bonds. The highest BCUT2D eigenvalue weighted by atomic mass is 19.4. The van der Waals surface area contributed by atoms with E-state index in [-0.39, 0.29) is 11.5 Å². The summed E-state index contributed by atoms with van der Waals surface area (Å²) in [6.07, 6.45) is -1.65. The molecule has 4 nitrogen and oxygen atoms in total. The number of carbonyl (C=O) groups excluding carboxylic acids is 1. The Balaban J connectivity index is 1.69. The van der Waals surface area contributed by atoms with Crippen molar-refractivity contribution in [2.45, 2.75) is 20.0 Å². The third-order valence-corrected chi connectivity index (χ3v) is 5.36. The number of benzene rings is 3. The minimum atomic E-state index is -4.51. The zero-order valence-electron chi connectivity index (χ0n) is 18.9. The quantitative estimate of drug-likeness (QED) is 0.226. The average molecular weight is 483 g/mol. The molecule has 0 bridgehead atoms. The molecule has 3 aromatic carbocycles. The van der Waals surface area contributed by atoms with Crippen molar-refractivity contribution in [2.24, 2.45) is 0 Å². The molecular formula is C27H21F4NO3. The molecule has 0 spiro atoms. The van der Waals surface area contributed by atoms with Crippen molar-refractivity contribution in [1.29, 1.82) is 0 Å². The van der Waals surface area contributed by atoms with Gasteiger partial charge in [0, 0.05) is 34.3 Å². The van der Waals surface area contributed by atoms with E-state index in [0.29, 0.717) is 29.1 Å². The minimum absolute atomic E-state index is 0.0304. The number of halogens is 4. The molecule has 0 atom stereocenters. The summed E-state index contributed by atoms with van der Waals surface area (Å²) in [7, 11) is 0. The summed E-state index contributed by atoms with van der Waals surface area (Å²) in [6.45, 7) is 3.89. The van der Waals surface area contributed by atoms with E-state index >= 15 is 0 Å². The minimum Gasteiger partial charge on any atom is -0.493 e. The SMILES string of the molecule is CCOc1cc2occ(-c3ccc(F)cc3)c2cc1/C(C)=C/C(=O)Nc1cccc(C(F)(F)F)c1. The van der Waals surface area contributed by atoms with E-state index in [2.05, 4.69) is 5.32 Å². The number of alkyl halides is 3. The smallest absolute Gasteiger partial charge is 0.416 e. The largest absolute Gasteiger partial charge is 0.493 e. The number of nitrogens with one attached hydrogen (secondary N) is 1. The monoisotopic (exact) mass is 483 g/mol. The van der Waals surface area contributed by atoms with Crippen LogP contribution in [0.2, 0.25) is 0 Å². The first kappa shape index (κ1) is 24.1. The molecule has 1 heterocycles. The number of rotatable bonds is 6. The molecule has 35 heavy (non-hydrogen) atoms. The summed E-state index contributed by atoms with van der Waals surface area (Å²) in [4.78, 5) is 12.6. The van der Waals surface area contributed by atoms with Gasteiger partial charge in [0.2, 0.25) is 5.91 Å². The molecule has 0 radical (unpaired) electrons. The molecule has 1 N–H and O–H groups in total. The predicted molar refractivity (Wildman–Crippen MR) is 127 cm³/mol. The zero-order valence-corrected chi connectivity index (χ0v) is 18.9. The van der Waals surface area contributed by atoms with Crippen LogP contribution in [0.15, 0.2) is 77.4 Å². The molecular weight excluding hydrogens is 462 g/mol. The standard InChI is InChI=1S/C27H21F4NO3/c1-3-34-24-14-25-22(23(15-35-25)17-7-9-19(28)10-8-17)13-21(24)16(2)11-26(33)32-20-6-4-5-18(12-20)27(29,30)31/h4-15H,3H2,1-2H3,(H,32,33)/b16-11+. The van der Waals surface area contributed by atoms with Gasteiger partial charge in [0.25, 0.3) is 0 Å². The summed E-state index contributed by atoms with van der Waals surface area (Å²) in [5.74, 6) is -0.456. The molecule has 0 aliphatic rings. The van der Waals surface area contributed by atoms with Crippen LogP contribution in [0, 0.1) is 5.82 Å². The van der Waals surface area contributed by atoms with E-state index in [4.69, 9.17) is 9.15 Å². The van der Waals surface area contributed by atoms with Crippen molar-refractivity contribution in [3.63, 3.8) is 0 Å². The van der Waals surface area contributed by atoms with E-state index in [1.165, 1.54) is 30.3 Å². The first-order valence-electron chi connectivity index (χ1n) is 10.8. The molecule has 4 aromatic rings. The third-order valence-electron chi connectivity index (χ3n) is 5.36. The zero-order chi connectivity index (χ0) is 25.2. The maximum atomic E-state index is 13.4. The van der Waals surface area contributed by atoms with Crippen LogP contribution in [0.4, 0.5) is 23.2 Å². The highest BCUT2D eigenvalue weighted by Crippen LogP contribution is 2.37. The van der Waals surface area contributed by atoms with Gasteiger partial charge in [-0.15, -0.1) is 0 Å². The number of hydrogen-bond donors (Lipinski definition) is 1. The summed E-state index contributed by atoms with van der Waals surface area (Å²) >= 11 is 0. The van der Waals surface area contributed by atoms with Crippen LogP contribution >= 0.6 is 0 Å². The summed E-state index contributed by atoms with van der Waals surface area (Å²) < 4.78 is 63.7. The molecule has 4 rings (SSSR count). The fourth-order valence-corrected chi connectivity index (χ4v) is 3.72. The molecule has 8 heteroatoms. The van der Waals surface area contributed by atoms with Gasteiger partial charge in [-0.2, -0.15) is 13.2 Å². The van der Waals surface area contributed by atoms with Crippen molar-refractivity contribution >= 4 is 28.1 Å². The topological polar surface area (TPSA) is 51.5 Å². The number of ether oxygens (including phenoxy) is 1. The second-order valence-electron chi connectivity index (χ2n) is 7.83. The fourth-order valence-electron chi connectivity index (χ4n) is 3.72. The molecule has 1 aromatic heterocycles. The Kier molecular flexibility index (Phi) is 6.64. The number of hydrogen-bond acceptors (Lipinski definition) is 3. The van der Waals surface area contributed by atoms with Gasteiger partial charge in [0.15, 0.2) is 0 Å². The van der Waals surface area contributed by atoms with Gasteiger partial charge in [0.1, 0.15) is 17.1 Å². The van der Waals surface area contributed by atoms with Gasteiger partial charge in [-0.25, -0.2) is 4.39 Å². The summed E-state index contributed by atoms with van der Waals surface area (Å²) in [6, 6.07) is 13.9. The van der Waals surface area contributed by atoms with Crippen LogP contribution in [0.3, 0.4) is 0 Å². The van der Waals surface area contributed by atoms with Gasteiger partial charge in [-0.3, -0.25) is 4.79 Å². The highest BCUT2D eigenvalue weighted by molar-refractivity contribution is 6.05. The van der Waals surface area contributed by atoms with Crippen molar-refractivity contribution in [3.05, 3.63) is 89.9 Å². The first-order chi connectivity index (χ1) is 16.7. The van der Waals surface area contributed by atoms with Crippen LogP contribution in [0.25, 0.3) is 27.7 Å². The third kappa shape index (κ3) is 5.37. The molecule has 0 unspecified atom stereocenters. The lowest BCUT2D eigenvalue weighted by Gasteiger charge is -2.12. The van der Waals surface area contributed by atoms with Crippen LogP contribution < -0.4 is 10.1 Å². The number of amides is 1. The lowest BCUT2D eigenvalue weighted by molar-refractivity contribution is -0.137. The summed E-state index contributed by atoms with van der Waals surface area (Å²) in [5.41, 5.74) is 2.37. The lowest BCUT2D eigenvalue weighted by Crippen LogP contribution is -2.11. The lowest BCUT2D eigenvalue weighted by atomic mass is 9.99. The maximum Gasteiger partial charge on any atom is 0.416 e. The maximum absolute atomic E-state index is 13.4. The second-order valence-corrected chi connectivity index (χ2v) is 7.83. The van der Waals surface area contributed by atoms with Gasteiger partial charge in [-0.1, -0.05) is 18.2 Å². The van der Waals surface area contributed by atoms with Gasteiger partial charge in [0.05, 0.1) is 18.4 Å². The van der Waals surface area contributed by atoms with Crippen LogP contribution in [-0.4, -0.2) is 12.5 Å². The highest BCUT2D eigenvalue weighted by Gasteiger charge is 2.30. The van der Waals surface area contributed by atoms with Crippen LogP contribution in [0.5, 0.6) is 5.75 Å². The Hall–Kier alpha value is -4.07. The first-order valence-corrected chi connectivity index (χ1v) is 10.8. The molecule has 0 fully saturated rings. The molecule has 0 saturated carbocycles. The number of fused-ring (bicyclic) bond motifs is 1. The Bertz CT molecular complexity index is 1400. The molecule has 0 aliphatic carbocycles. The fraction of sp³-hybridized carbons (Fsp3) is 0.148. The van der Waals surface area contributed by atoms with Crippen molar-refractivity contribution in [3.8, 4) is 16.9 Å². The van der Waals surface area contributed by atoms with E-state index < -0.39 is 17.6 Å². The van der Waals surface area contributed by atoms with Gasteiger partial charge >= 0.3 is 6.18 Å². The van der Waals surface area contributed by atoms with Crippen LogP contribution in [0.1, 0.15) is 25.0 Å². The van der Waals surface area contributed by atoms with Crippen LogP contribution in [-0.2, 0) is 11.0 Å². The van der Waals surface area contributed by atoms with E-state index in [1.54, 1.807) is 31.4 Å². The van der Waals surface area contributed by atoms with Gasteiger partial charge < -0.3 is 14.5 Å². The molecule has 180 valence electrons. The number of carbonyl (C=O) groups is 1. The summed E-state index contributed by atoms with van der Waals surface area (Å²) in [5, 5.41) is 3.21.